The van der Waals surface area contributed by atoms with Crippen molar-refractivity contribution in [2.45, 2.75) is 30.7 Å². The van der Waals surface area contributed by atoms with Gasteiger partial charge in [0.25, 0.3) is 5.56 Å². The van der Waals surface area contributed by atoms with E-state index in [1.54, 1.807) is 41.9 Å². The van der Waals surface area contributed by atoms with Crippen LogP contribution in [0.3, 0.4) is 0 Å². The van der Waals surface area contributed by atoms with Crippen molar-refractivity contribution in [3.05, 3.63) is 52.6 Å². The van der Waals surface area contributed by atoms with Crippen LogP contribution in [0.15, 0.2) is 46.3 Å². The number of hydrogen-bond donors (Lipinski definition) is 1. The van der Waals surface area contributed by atoms with Crippen LogP contribution in [-0.4, -0.2) is 35.4 Å². The van der Waals surface area contributed by atoms with Crippen LogP contribution in [0.5, 0.6) is 0 Å². The monoisotopic (exact) mass is 362 g/mol. The van der Waals surface area contributed by atoms with E-state index >= 15 is 0 Å². The van der Waals surface area contributed by atoms with Gasteiger partial charge < -0.3 is 9.88 Å². The molecule has 0 amide bonds. The third-order valence-electron chi connectivity index (χ3n) is 4.33. The first-order valence-corrected chi connectivity index (χ1v) is 9.77. The van der Waals surface area contributed by atoms with Gasteiger partial charge in [0.15, 0.2) is 5.82 Å². The van der Waals surface area contributed by atoms with Gasteiger partial charge in [0, 0.05) is 39.1 Å². The first-order chi connectivity index (χ1) is 12.0. The van der Waals surface area contributed by atoms with Crippen molar-refractivity contribution in [2.75, 3.05) is 18.4 Å². The summed E-state index contributed by atoms with van der Waals surface area (Å²) < 4.78 is 28.5. The highest BCUT2D eigenvalue weighted by Gasteiger charge is 2.25. The lowest BCUT2D eigenvalue weighted by atomic mass is 10.2. The Morgan fingerprint density at radius 2 is 1.96 bits per heavy atom. The highest BCUT2D eigenvalue weighted by atomic mass is 32.2. The third kappa shape index (κ3) is 3.91. The van der Waals surface area contributed by atoms with Gasteiger partial charge in [0.2, 0.25) is 10.0 Å². The van der Waals surface area contributed by atoms with Gasteiger partial charge in [-0.25, -0.2) is 13.4 Å². The average molecular weight is 362 g/mol. The minimum absolute atomic E-state index is 0.223. The van der Waals surface area contributed by atoms with Crippen molar-refractivity contribution >= 4 is 15.8 Å². The summed E-state index contributed by atoms with van der Waals surface area (Å²) in [5.41, 5.74) is 0.561. The van der Waals surface area contributed by atoms with Crippen molar-refractivity contribution in [3.8, 4) is 0 Å². The molecule has 1 aromatic heterocycles. The van der Waals surface area contributed by atoms with Crippen molar-refractivity contribution in [1.29, 1.82) is 0 Å². The van der Waals surface area contributed by atoms with E-state index in [2.05, 4.69) is 10.3 Å². The fourth-order valence-electron chi connectivity index (χ4n) is 2.88. The molecule has 25 heavy (non-hydrogen) atoms. The first-order valence-electron chi connectivity index (χ1n) is 8.33. The molecule has 1 saturated heterocycles. The van der Waals surface area contributed by atoms with Gasteiger partial charge in [-0.15, -0.1) is 0 Å². The molecule has 1 aromatic carbocycles. The van der Waals surface area contributed by atoms with E-state index < -0.39 is 10.0 Å². The number of benzene rings is 1. The van der Waals surface area contributed by atoms with Gasteiger partial charge in [-0.05, 0) is 30.5 Å². The second-order valence-electron chi connectivity index (χ2n) is 6.16. The van der Waals surface area contributed by atoms with Crippen LogP contribution in [0, 0.1) is 0 Å². The predicted octanol–water partition coefficient (Wildman–Crippen LogP) is 1.57. The fourth-order valence-corrected chi connectivity index (χ4v) is 4.46. The first kappa shape index (κ1) is 17.6. The standard InChI is InChI=1S/C17H22N4O3S/c1-20-11-8-18-16(17(20)22)19-13-14-6-5-7-15(12-14)25(23,24)21-9-3-2-4-10-21/h5-8,11-12H,2-4,9-10,13H2,1H3,(H,18,19). The van der Waals surface area contributed by atoms with Gasteiger partial charge in [0.1, 0.15) is 0 Å². The molecular formula is C17H22N4O3S. The summed E-state index contributed by atoms with van der Waals surface area (Å²) in [6.45, 7) is 1.49. The van der Waals surface area contributed by atoms with Crippen molar-refractivity contribution in [1.82, 2.24) is 13.9 Å². The number of sulfonamides is 1. The molecule has 0 spiro atoms. The second-order valence-corrected chi connectivity index (χ2v) is 8.10. The van der Waals surface area contributed by atoms with E-state index in [1.165, 1.54) is 4.57 Å². The summed E-state index contributed by atoms with van der Waals surface area (Å²) in [4.78, 5) is 16.3. The fraction of sp³-hybridized carbons (Fsp3) is 0.412. The highest BCUT2D eigenvalue weighted by Crippen LogP contribution is 2.21. The minimum atomic E-state index is -3.46. The molecule has 0 radical (unpaired) electrons. The van der Waals surface area contributed by atoms with Gasteiger partial charge in [-0.3, -0.25) is 4.79 Å². The molecule has 0 aliphatic carbocycles. The van der Waals surface area contributed by atoms with Crippen LogP contribution in [-0.2, 0) is 23.6 Å². The molecule has 2 aromatic rings. The van der Waals surface area contributed by atoms with Gasteiger partial charge >= 0.3 is 0 Å². The topological polar surface area (TPSA) is 84.3 Å². The number of rotatable bonds is 5. The molecular weight excluding hydrogens is 340 g/mol. The van der Waals surface area contributed by atoms with Crippen molar-refractivity contribution in [3.63, 3.8) is 0 Å². The average Bonchev–Trinajstić information content (AvgIpc) is 2.64. The Morgan fingerprint density at radius 3 is 2.72 bits per heavy atom. The largest absolute Gasteiger partial charge is 0.361 e. The zero-order valence-corrected chi connectivity index (χ0v) is 15.0. The Bertz CT molecular complexity index is 902. The Labute approximate surface area is 147 Å². The Balaban J connectivity index is 1.77. The summed E-state index contributed by atoms with van der Waals surface area (Å²) in [6.07, 6.45) is 6.02. The maximum Gasteiger partial charge on any atom is 0.293 e. The van der Waals surface area contributed by atoms with Crippen LogP contribution in [0.4, 0.5) is 5.82 Å². The third-order valence-corrected chi connectivity index (χ3v) is 6.22. The zero-order valence-electron chi connectivity index (χ0n) is 14.2. The Morgan fingerprint density at radius 1 is 1.20 bits per heavy atom. The number of nitrogens with one attached hydrogen (secondary N) is 1. The molecule has 0 saturated carbocycles. The SMILES string of the molecule is Cn1ccnc(NCc2cccc(S(=O)(=O)N3CCCCC3)c2)c1=O. The molecule has 1 fully saturated rings. The molecule has 1 aliphatic heterocycles. The molecule has 3 rings (SSSR count). The number of aryl methyl sites for hydroxylation is 1. The van der Waals surface area contributed by atoms with E-state index in [1.807, 2.05) is 6.07 Å². The molecule has 1 aliphatic rings. The van der Waals surface area contributed by atoms with E-state index in [-0.39, 0.29) is 11.4 Å². The molecule has 0 atom stereocenters. The molecule has 7 nitrogen and oxygen atoms in total. The van der Waals surface area contributed by atoms with Crippen molar-refractivity contribution < 1.29 is 8.42 Å². The lowest BCUT2D eigenvalue weighted by Crippen LogP contribution is -2.35. The minimum Gasteiger partial charge on any atom is -0.361 e. The van der Waals surface area contributed by atoms with Crippen LogP contribution in [0.1, 0.15) is 24.8 Å². The van der Waals surface area contributed by atoms with Gasteiger partial charge in [-0.1, -0.05) is 18.6 Å². The number of nitrogens with zero attached hydrogens (tertiary/aromatic N) is 3. The maximum atomic E-state index is 12.8. The Hall–Kier alpha value is -2.19. The van der Waals surface area contributed by atoms with Crippen LogP contribution >= 0.6 is 0 Å². The number of hydrogen-bond acceptors (Lipinski definition) is 5. The lowest BCUT2D eigenvalue weighted by Gasteiger charge is -2.26. The smallest absolute Gasteiger partial charge is 0.293 e. The van der Waals surface area contributed by atoms with E-state index in [4.69, 9.17) is 0 Å². The van der Waals surface area contributed by atoms with Crippen LogP contribution in [0.2, 0.25) is 0 Å². The molecule has 0 unspecified atom stereocenters. The zero-order chi connectivity index (χ0) is 17.9. The lowest BCUT2D eigenvalue weighted by molar-refractivity contribution is 0.346. The number of anilines is 1. The predicted molar refractivity (Wildman–Crippen MR) is 95.9 cm³/mol. The number of aromatic nitrogens is 2. The molecule has 1 N–H and O–H groups in total. The number of piperidine rings is 1. The van der Waals surface area contributed by atoms with Crippen LogP contribution < -0.4 is 10.9 Å². The Kier molecular flexibility index (Phi) is 5.19. The normalized spacial score (nSPS) is 15.9. The summed E-state index contributed by atoms with van der Waals surface area (Å²) in [5.74, 6) is 0.245. The summed E-state index contributed by atoms with van der Waals surface area (Å²) in [7, 11) is -1.80. The summed E-state index contributed by atoms with van der Waals surface area (Å²) in [6, 6.07) is 6.83. The van der Waals surface area contributed by atoms with E-state index in [0.717, 1.165) is 24.8 Å². The van der Waals surface area contributed by atoms with E-state index in [9.17, 15) is 13.2 Å². The van der Waals surface area contributed by atoms with Gasteiger partial charge in [0.05, 0.1) is 4.90 Å². The van der Waals surface area contributed by atoms with Gasteiger partial charge in [-0.2, -0.15) is 4.31 Å². The van der Waals surface area contributed by atoms with Crippen molar-refractivity contribution in [2.24, 2.45) is 7.05 Å². The quantitative estimate of drug-likeness (QED) is 0.873. The van der Waals surface area contributed by atoms with E-state index in [0.29, 0.717) is 24.5 Å². The molecule has 2 heterocycles. The second kappa shape index (κ2) is 7.37. The molecule has 8 heteroatoms. The maximum absolute atomic E-state index is 12.8. The highest BCUT2D eigenvalue weighted by molar-refractivity contribution is 7.89. The summed E-state index contributed by atoms with van der Waals surface area (Å²) >= 11 is 0. The summed E-state index contributed by atoms with van der Waals surface area (Å²) in [5, 5.41) is 2.98. The molecule has 134 valence electrons. The molecule has 0 bridgehead atoms. The van der Waals surface area contributed by atoms with Crippen LogP contribution in [0.25, 0.3) is 0 Å².